The van der Waals surface area contributed by atoms with E-state index in [0.29, 0.717) is 12.1 Å². The Morgan fingerprint density at radius 3 is 2.50 bits per heavy atom. The summed E-state index contributed by atoms with van der Waals surface area (Å²) in [5.74, 6) is 0.887. The van der Waals surface area contributed by atoms with E-state index in [1.807, 2.05) is 0 Å². The minimum Gasteiger partial charge on any atom is -0.335 e. The van der Waals surface area contributed by atoms with E-state index < -0.39 is 0 Å². The molecule has 2 aliphatic carbocycles. The first kappa shape index (κ1) is 12.3. The Morgan fingerprint density at radius 2 is 1.78 bits per heavy atom. The van der Waals surface area contributed by atoms with Crippen molar-refractivity contribution in [3.05, 3.63) is 0 Å². The molecular formula is C15H26N2O. The molecule has 0 aromatic rings. The molecule has 1 aliphatic heterocycles. The zero-order valence-electron chi connectivity index (χ0n) is 11.4. The quantitative estimate of drug-likeness (QED) is 0.819. The van der Waals surface area contributed by atoms with Crippen LogP contribution in [0.25, 0.3) is 0 Å². The van der Waals surface area contributed by atoms with Crippen LogP contribution >= 0.6 is 0 Å². The zero-order valence-corrected chi connectivity index (χ0v) is 11.4. The molecule has 0 spiro atoms. The van der Waals surface area contributed by atoms with E-state index in [2.05, 4.69) is 10.2 Å². The van der Waals surface area contributed by atoms with Gasteiger partial charge in [0.1, 0.15) is 0 Å². The third kappa shape index (κ3) is 2.99. The molecule has 1 saturated heterocycles. The normalized spacial score (nSPS) is 29.6. The summed E-state index contributed by atoms with van der Waals surface area (Å²) in [5, 5.41) is 3.15. The first-order valence-electron chi connectivity index (χ1n) is 7.90. The highest BCUT2D eigenvalue weighted by atomic mass is 16.2. The SMILES string of the molecule is O=C(NC1CC1)N1CCCC1CC1CCCCC1. The molecule has 102 valence electrons. The van der Waals surface area contributed by atoms with Gasteiger partial charge in [0.15, 0.2) is 0 Å². The average Bonchev–Trinajstić information content (AvgIpc) is 3.07. The van der Waals surface area contributed by atoms with Gasteiger partial charge < -0.3 is 10.2 Å². The molecular weight excluding hydrogens is 224 g/mol. The Balaban J connectivity index is 1.51. The molecule has 1 unspecified atom stereocenters. The molecule has 3 heteroatoms. The van der Waals surface area contributed by atoms with Crippen molar-refractivity contribution < 1.29 is 4.79 Å². The molecule has 0 bridgehead atoms. The molecule has 18 heavy (non-hydrogen) atoms. The lowest BCUT2D eigenvalue weighted by molar-refractivity contribution is 0.177. The highest BCUT2D eigenvalue weighted by Gasteiger charge is 2.33. The van der Waals surface area contributed by atoms with Crippen LogP contribution in [0.15, 0.2) is 0 Å². The summed E-state index contributed by atoms with van der Waals surface area (Å²) in [7, 11) is 0. The van der Waals surface area contributed by atoms with Crippen LogP contribution in [0.1, 0.15) is 64.2 Å². The van der Waals surface area contributed by atoms with Gasteiger partial charge in [0.2, 0.25) is 0 Å². The fourth-order valence-corrected chi connectivity index (χ4v) is 3.64. The molecule has 3 rings (SSSR count). The topological polar surface area (TPSA) is 32.3 Å². The van der Waals surface area contributed by atoms with Gasteiger partial charge in [0.05, 0.1) is 0 Å². The Kier molecular flexibility index (Phi) is 3.76. The number of nitrogens with one attached hydrogen (secondary N) is 1. The van der Waals surface area contributed by atoms with Crippen LogP contribution in [0.5, 0.6) is 0 Å². The van der Waals surface area contributed by atoms with E-state index in [0.717, 1.165) is 12.5 Å². The highest BCUT2D eigenvalue weighted by Crippen LogP contribution is 2.32. The predicted molar refractivity (Wildman–Crippen MR) is 72.5 cm³/mol. The number of urea groups is 1. The average molecular weight is 250 g/mol. The van der Waals surface area contributed by atoms with E-state index >= 15 is 0 Å². The van der Waals surface area contributed by atoms with Gasteiger partial charge in [-0.25, -0.2) is 4.79 Å². The van der Waals surface area contributed by atoms with Crippen molar-refractivity contribution in [2.45, 2.75) is 76.3 Å². The lowest BCUT2D eigenvalue weighted by atomic mass is 9.84. The zero-order chi connectivity index (χ0) is 12.4. The van der Waals surface area contributed by atoms with Crippen LogP contribution in [-0.2, 0) is 0 Å². The maximum absolute atomic E-state index is 12.2. The van der Waals surface area contributed by atoms with Crippen molar-refractivity contribution in [3.8, 4) is 0 Å². The summed E-state index contributed by atoms with van der Waals surface area (Å²) in [5.41, 5.74) is 0. The fraction of sp³-hybridized carbons (Fsp3) is 0.933. The molecule has 3 nitrogen and oxygen atoms in total. The minimum absolute atomic E-state index is 0.218. The van der Waals surface area contributed by atoms with Crippen molar-refractivity contribution in [1.29, 1.82) is 0 Å². The van der Waals surface area contributed by atoms with Crippen LogP contribution in [-0.4, -0.2) is 29.6 Å². The lowest BCUT2D eigenvalue weighted by Crippen LogP contribution is -2.44. The van der Waals surface area contributed by atoms with Gasteiger partial charge in [-0.3, -0.25) is 0 Å². The molecule has 0 radical (unpaired) electrons. The predicted octanol–water partition coefficient (Wildman–Crippen LogP) is 3.29. The number of carbonyl (C=O) groups excluding carboxylic acids is 1. The number of hydrogen-bond donors (Lipinski definition) is 1. The van der Waals surface area contributed by atoms with Gasteiger partial charge in [-0.1, -0.05) is 32.1 Å². The van der Waals surface area contributed by atoms with E-state index in [4.69, 9.17) is 0 Å². The molecule has 1 N–H and O–H groups in total. The molecule has 3 aliphatic rings. The molecule has 1 heterocycles. The number of likely N-dealkylation sites (tertiary alicyclic amines) is 1. The monoisotopic (exact) mass is 250 g/mol. The maximum atomic E-state index is 12.2. The summed E-state index contributed by atoms with van der Waals surface area (Å²) < 4.78 is 0. The second-order valence-electron chi connectivity index (χ2n) is 6.45. The lowest BCUT2D eigenvalue weighted by Gasteiger charge is -2.30. The van der Waals surface area contributed by atoms with Crippen LogP contribution in [0.2, 0.25) is 0 Å². The van der Waals surface area contributed by atoms with Gasteiger partial charge in [-0.2, -0.15) is 0 Å². The van der Waals surface area contributed by atoms with Crippen LogP contribution in [0.4, 0.5) is 4.79 Å². The standard InChI is InChI=1S/C15H26N2O/c18-15(16-13-8-9-13)17-10-4-7-14(17)11-12-5-2-1-3-6-12/h12-14H,1-11H2,(H,16,18). The Labute approximate surface area is 110 Å². The van der Waals surface area contributed by atoms with Gasteiger partial charge in [0.25, 0.3) is 0 Å². The molecule has 0 aromatic heterocycles. The first-order valence-corrected chi connectivity index (χ1v) is 7.90. The van der Waals surface area contributed by atoms with Gasteiger partial charge in [-0.05, 0) is 38.0 Å². The van der Waals surface area contributed by atoms with Gasteiger partial charge in [-0.15, -0.1) is 0 Å². The Morgan fingerprint density at radius 1 is 1.00 bits per heavy atom. The van der Waals surface area contributed by atoms with E-state index in [1.165, 1.54) is 64.2 Å². The molecule has 1 atom stereocenters. The highest BCUT2D eigenvalue weighted by molar-refractivity contribution is 5.75. The summed E-state index contributed by atoms with van der Waals surface area (Å²) >= 11 is 0. The number of rotatable bonds is 3. The molecule has 2 saturated carbocycles. The van der Waals surface area contributed by atoms with Crippen molar-refractivity contribution in [2.24, 2.45) is 5.92 Å². The second kappa shape index (κ2) is 5.50. The van der Waals surface area contributed by atoms with Crippen LogP contribution < -0.4 is 5.32 Å². The van der Waals surface area contributed by atoms with E-state index in [1.54, 1.807) is 0 Å². The Hall–Kier alpha value is -0.730. The molecule has 3 fully saturated rings. The van der Waals surface area contributed by atoms with E-state index in [-0.39, 0.29) is 6.03 Å². The largest absolute Gasteiger partial charge is 0.335 e. The number of hydrogen-bond acceptors (Lipinski definition) is 1. The summed E-state index contributed by atoms with van der Waals surface area (Å²) in [6.07, 6.45) is 13.1. The Bertz CT molecular complexity index is 295. The smallest absolute Gasteiger partial charge is 0.317 e. The van der Waals surface area contributed by atoms with Gasteiger partial charge >= 0.3 is 6.03 Å². The summed E-state index contributed by atoms with van der Waals surface area (Å²) in [4.78, 5) is 14.3. The third-order valence-electron chi connectivity index (χ3n) is 4.87. The molecule has 2 amide bonds. The van der Waals surface area contributed by atoms with Gasteiger partial charge in [0, 0.05) is 18.6 Å². The number of nitrogens with zero attached hydrogens (tertiary/aromatic N) is 1. The van der Waals surface area contributed by atoms with Crippen molar-refractivity contribution in [2.75, 3.05) is 6.54 Å². The van der Waals surface area contributed by atoms with Crippen LogP contribution in [0, 0.1) is 5.92 Å². The van der Waals surface area contributed by atoms with Crippen molar-refractivity contribution in [3.63, 3.8) is 0 Å². The fourth-order valence-electron chi connectivity index (χ4n) is 3.64. The maximum Gasteiger partial charge on any atom is 0.317 e. The number of amides is 2. The van der Waals surface area contributed by atoms with Crippen molar-refractivity contribution in [1.82, 2.24) is 10.2 Å². The van der Waals surface area contributed by atoms with E-state index in [9.17, 15) is 4.79 Å². The minimum atomic E-state index is 0.218. The summed E-state index contributed by atoms with van der Waals surface area (Å²) in [6, 6.07) is 1.25. The van der Waals surface area contributed by atoms with Crippen LogP contribution in [0.3, 0.4) is 0 Å². The first-order chi connectivity index (χ1) is 8.83. The molecule has 0 aromatic carbocycles. The van der Waals surface area contributed by atoms with Crippen molar-refractivity contribution >= 4 is 6.03 Å². The summed E-state index contributed by atoms with van der Waals surface area (Å²) in [6.45, 7) is 0.982. The number of carbonyl (C=O) groups is 1. The second-order valence-corrected chi connectivity index (χ2v) is 6.45. The third-order valence-corrected chi connectivity index (χ3v) is 4.87.